The molecule has 1 aromatic rings. The predicted octanol–water partition coefficient (Wildman–Crippen LogP) is 1.31. The van der Waals surface area contributed by atoms with Gasteiger partial charge in [0.05, 0.1) is 0 Å². The quantitative estimate of drug-likeness (QED) is 0.748. The average Bonchev–Trinajstić information content (AvgIpc) is 2.67. The molecule has 7 heteroatoms. The Labute approximate surface area is 163 Å². The van der Waals surface area contributed by atoms with Gasteiger partial charge in [-0.15, -0.1) is 0 Å². The Kier molecular flexibility index (Phi) is 7.01. The van der Waals surface area contributed by atoms with Gasteiger partial charge in [-0.3, -0.25) is 9.69 Å². The smallest absolute Gasteiger partial charge is 0.224 e. The minimum Gasteiger partial charge on any atom is -0.347 e. The Balaban J connectivity index is 1.43. The molecule has 150 valence electrons. The maximum atomic E-state index is 12.5. The number of carbonyl (C=O) groups is 1. The lowest BCUT2D eigenvalue weighted by molar-refractivity contribution is -0.133. The van der Waals surface area contributed by atoms with Crippen LogP contribution in [0.15, 0.2) is 12.4 Å². The van der Waals surface area contributed by atoms with Crippen LogP contribution in [0.3, 0.4) is 0 Å². The zero-order valence-corrected chi connectivity index (χ0v) is 17.1. The Bertz CT molecular complexity index is 597. The molecule has 0 unspecified atom stereocenters. The van der Waals surface area contributed by atoms with Gasteiger partial charge in [-0.25, -0.2) is 9.97 Å². The lowest BCUT2D eigenvalue weighted by Crippen LogP contribution is -2.47. The molecule has 0 saturated carbocycles. The number of anilines is 1. The molecule has 0 aromatic carbocycles. The molecule has 0 aliphatic carbocycles. The molecule has 0 bridgehead atoms. The third-order valence-corrected chi connectivity index (χ3v) is 5.72. The number of piperidine rings is 1. The molecule has 2 saturated heterocycles. The van der Waals surface area contributed by atoms with Crippen LogP contribution in [0.25, 0.3) is 0 Å². The number of nitrogens with zero attached hydrogens (tertiary/aromatic N) is 6. The number of hydrogen-bond donors (Lipinski definition) is 0. The summed E-state index contributed by atoms with van der Waals surface area (Å²) >= 11 is 0. The fraction of sp³-hybridized carbons (Fsp3) is 0.750. The first-order chi connectivity index (χ1) is 13.0. The van der Waals surface area contributed by atoms with E-state index in [1.807, 2.05) is 36.3 Å². The normalized spacial score (nSPS) is 22.0. The number of carbonyl (C=O) groups excluding carboxylic acids is 1. The molecular weight excluding hydrogens is 340 g/mol. The molecule has 3 heterocycles. The van der Waals surface area contributed by atoms with Gasteiger partial charge < -0.3 is 14.7 Å². The largest absolute Gasteiger partial charge is 0.347 e. The zero-order chi connectivity index (χ0) is 19.2. The first-order valence-corrected chi connectivity index (χ1v) is 10.2. The second kappa shape index (κ2) is 9.46. The van der Waals surface area contributed by atoms with Crippen molar-refractivity contribution in [2.75, 3.05) is 65.3 Å². The maximum absolute atomic E-state index is 12.5. The van der Waals surface area contributed by atoms with Gasteiger partial charge in [0.25, 0.3) is 0 Å². The summed E-state index contributed by atoms with van der Waals surface area (Å²) in [6.45, 7) is 6.86. The average molecular weight is 375 g/mol. The summed E-state index contributed by atoms with van der Waals surface area (Å²) in [7, 11) is 6.03. The van der Waals surface area contributed by atoms with E-state index >= 15 is 0 Å². The summed E-state index contributed by atoms with van der Waals surface area (Å²) in [6, 6.07) is 0. The van der Waals surface area contributed by atoms with Crippen molar-refractivity contribution in [1.82, 2.24) is 24.7 Å². The molecule has 2 fully saturated rings. The summed E-state index contributed by atoms with van der Waals surface area (Å²) in [5.41, 5.74) is 1.16. The fourth-order valence-corrected chi connectivity index (χ4v) is 3.99. The summed E-state index contributed by atoms with van der Waals surface area (Å²) in [5, 5.41) is 0. The van der Waals surface area contributed by atoms with Crippen LogP contribution < -0.4 is 4.90 Å². The minimum absolute atomic E-state index is 0.341. The van der Waals surface area contributed by atoms with E-state index in [0.29, 0.717) is 18.2 Å². The molecule has 2 aliphatic heterocycles. The molecule has 0 radical (unpaired) electrons. The molecule has 2 aliphatic rings. The van der Waals surface area contributed by atoms with Gasteiger partial charge in [0.15, 0.2) is 0 Å². The van der Waals surface area contributed by atoms with Crippen LogP contribution in [0.1, 0.15) is 31.2 Å². The van der Waals surface area contributed by atoms with E-state index in [1.54, 1.807) is 0 Å². The van der Waals surface area contributed by atoms with Crippen molar-refractivity contribution in [1.29, 1.82) is 0 Å². The monoisotopic (exact) mass is 374 g/mol. The number of piperazine rings is 1. The van der Waals surface area contributed by atoms with Crippen LogP contribution in [-0.4, -0.2) is 91.0 Å². The Morgan fingerprint density at radius 2 is 1.85 bits per heavy atom. The predicted molar refractivity (Wildman–Crippen MR) is 108 cm³/mol. The maximum Gasteiger partial charge on any atom is 0.224 e. The number of likely N-dealkylation sites (N-methyl/N-ethyl adjacent to an activating group) is 1. The van der Waals surface area contributed by atoms with Crippen molar-refractivity contribution >= 4 is 11.9 Å². The van der Waals surface area contributed by atoms with E-state index in [0.717, 1.165) is 63.7 Å². The third-order valence-electron chi connectivity index (χ3n) is 5.72. The van der Waals surface area contributed by atoms with Crippen molar-refractivity contribution in [2.24, 2.45) is 5.92 Å². The standard InChI is InChI=1S/C20H34N6O/c1-23(2)20-21-13-18(14-22-20)16-25-8-4-5-17(15-25)6-7-19(27)26-11-9-24(3)10-12-26/h13-14,17H,4-12,15-16H2,1-3H3/t17-/m1/s1. The van der Waals surface area contributed by atoms with Crippen LogP contribution in [-0.2, 0) is 11.3 Å². The molecular formula is C20H34N6O. The van der Waals surface area contributed by atoms with Crippen LogP contribution in [0.5, 0.6) is 0 Å². The van der Waals surface area contributed by atoms with Gasteiger partial charge in [-0.1, -0.05) is 0 Å². The molecule has 7 nitrogen and oxygen atoms in total. The Morgan fingerprint density at radius 3 is 2.52 bits per heavy atom. The number of aromatic nitrogens is 2. The highest BCUT2D eigenvalue weighted by Crippen LogP contribution is 2.23. The number of likely N-dealkylation sites (tertiary alicyclic amines) is 1. The first kappa shape index (κ1) is 20.0. The minimum atomic E-state index is 0.341. The van der Waals surface area contributed by atoms with E-state index in [-0.39, 0.29) is 0 Å². The SMILES string of the molecule is CN1CCN(C(=O)CC[C@H]2CCCN(Cc3cnc(N(C)C)nc3)C2)CC1. The van der Waals surface area contributed by atoms with Gasteiger partial charge in [-0.2, -0.15) is 0 Å². The Hall–Kier alpha value is -1.73. The number of rotatable bonds is 6. The van der Waals surface area contributed by atoms with Gasteiger partial charge in [0.1, 0.15) is 0 Å². The van der Waals surface area contributed by atoms with Crippen LogP contribution in [0.4, 0.5) is 5.95 Å². The Morgan fingerprint density at radius 1 is 1.15 bits per heavy atom. The highest BCUT2D eigenvalue weighted by molar-refractivity contribution is 5.76. The second-order valence-corrected chi connectivity index (χ2v) is 8.25. The summed E-state index contributed by atoms with van der Waals surface area (Å²) in [4.78, 5) is 30.0. The van der Waals surface area contributed by atoms with Gasteiger partial charge in [0.2, 0.25) is 11.9 Å². The highest BCUT2D eigenvalue weighted by atomic mass is 16.2. The van der Waals surface area contributed by atoms with Crippen molar-refractivity contribution in [3.63, 3.8) is 0 Å². The highest BCUT2D eigenvalue weighted by Gasteiger charge is 2.23. The second-order valence-electron chi connectivity index (χ2n) is 8.25. The van der Waals surface area contributed by atoms with Crippen molar-refractivity contribution in [2.45, 2.75) is 32.2 Å². The number of hydrogen-bond acceptors (Lipinski definition) is 6. The molecule has 1 atom stereocenters. The molecule has 1 amide bonds. The van der Waals surface area contributed by atoms with E-state index in [1.165, 1.54) is 12.8 Å². The van der Waals surface area contributed by atoms with Crippen LogP contribution in [0.2, 0.25) is 0 Å². The summed E-state index contributed by atoms with van der Waals surface area (Å²) in [5.74, 6) is 1.71. The lowest BCUT2D eigenvalue weighted by Gasteiger charge is -2.34. The topological polar surface area (TPSA) is 55.8 Å². The molecule has 0 N–H and O–H groups in total. The van der Waals surface area contributed by atoms with Gasteiger partial charge in [-0.05, 0) is 38.8 Å². The molecule has 1 aromatic heterocycles. The van der Waals surface area contributed by atoms with Crippen molar-refractivity contribution in [3.05, 3.63) is 18.0 Å². The van der Waals surface area contributed by atoms with Crippen molar-refractivity contribution in [3.8, 4) is 0 Å². The summed E-state index contributed by atoms with van der Waals surface area (Å²) in [6.07, 6.45) is 8.03. The molecule has 0 spiro atoms. The van der Waals surface area contributed by atoms with Gasteiger partial charge in [0, 0.05) is 77.7 Å². The van der Waals surface area contributed by atoms with E-state index in [4.69, 9.17) is 0 Å². The zero-order valence-electron chi connectivity index (χ0n) is 17.1. The van der Waals surface area contributed by atoms with E-state index in [9.17, 15) is 4.79 Å². The molecule has 3 rings (SSSR count). The van der Waals surface area contributed by atoms with Crippen LogP contribution >= 0.6 is 0 Å². The van der Waals surface area contributed by atoms with Gasteiger partial charge >= 0.3 is 0 Å². The van der Waals surface area contributed by atoms with E-state index < -0.39 is 0 Å². The third kappa shape index (κ3) is 5.87. The first-order valence-electron chi connectivity index (χ1n) is 10.2. The van der Waals surface area contributed by atoms with Crippen LogP contribution in [0, 0.1) is 5.92 Å². The molecule has 27 heavy (non-hydrogen) atoms. The van der Waals surface area contributed by atoms with E-state index in [2.05, 4.69) is 26.8 Å². The fourth-order valence-electron chi connectivity index (χ4n) is 3.99. The number of amides is 1. The van der Waals surface area contributed by atoms with Crippen molar-refractivity contribution < 1.29 is 4.79 Å². The lowest BCUT2D eigenvalue weighted by atomic mass is 9.93. The summed E-state index contributed by atoms with van der Waals surface area (Å²) < 4.78 is 0.